The highest BCUT2D eigenvalue weighted by Gasteiger charge is 2.33. The van der Waals surface area contributed by atoms with Crippen LogP contribution in [0.1, 0.15) is 44.9 Å². The quantitative estimate of drug-likeness (QED) is 0.598. The molecule has 19 heavy (non-hydrogen) atoms. The number of unbranched alkanes of at least 4 members (excludes halogenated alkanes) is 1. The molecule has 0 atom stereocenters. The number of urea groups is 1. The molecule has 0 unspecified atom stereocenters. The van der Waals surface area contributed by atoms with Crippen LogP contribution in [-0.4, -0.2) is 41.2 Å². The van der Waals surface area contributed by atoms with Crippen LogP contribution in [0.25, 0.3) is 0 Å². The van der Waals surface area contributed by atoms with Crippen LogP contribution >= 0.6 is 11.8 Å². The van der Waals surface area contributed by atoms with E-state index in [1.807, 2.05) is 11.8 Å². The number of hydrogen-bond donors (Lipinski definition) is 3. The van der Waals surface area contributed by atoms with Crippen molar-refractivity contribution in [1.82, 2.24) is 10.6 Å². The summed E-state index contributed by atoms with van der Waals surface area (Å²) in [5, 5.41) is 14.2. The minimum absolute atomic E-state index is 0.143. The Balaban J connectivity index is 2.09. The van der Waals surface area contributed by atoms with Gasteiger partial charge in [0.15, 0.2) is 0 Å². The second-order valence-corrected chi connectivity index (χ2v) is 6.33. The van der Waals surface area contributed by atoms with Crippen molar-refractivity contribution in [2.45, 2.75) is 49.7 Å². The monoisotopic (exact) mass is 288 g/mol. The summed E-state index contributed by atoms with van der Waals surface area (Å²) in [6, 6.07) is -0.143. The molecule has 1 aliphatic carbocycles. The highest BCUT2D eigenvalue weighted by molar-refractivity contribution is 8.00. The Bertz CT molecular complexity index is 304. The molecule has 1 aliphatic rings. The summed E-state index contributed by atoms with van der Waals surface area (Å²) in [5.74, 6) is -0.785. The van der Waals surface area contributed by atoms with Crippen molar-refractivity contribution in [3.8, 4) is 0 Å². The van der Waals surface area contributed by atoms with Gasteiger partial charge in [-0.15, -0.1) is 0 Å². The van der Waals surface area contributed by atoms with Gasteiger partial charge in [-0.05, 0) is 31.9 Å². The smallest absolute Gasteiger partial charge is 0.314 e. The van der Waals surface area contributed by atoms with Gasteiger partial charge in [0, 0.05) is 24.3 Å². The highest BCUT2D eigenvalue weighted by atomic mass is 32.2. The molecule has 0 spiro atoms. The Hall–Kier alpha value is -0.910. The molecule has 0 aromatic carbocycles. The third-order valence-electron chi connectivity index (χ3n) is 3.62. The van der Waals surface area contributed by atoms with Gasteiger partial charge in [0.2, 0.25) is 0 Å². The summed E-state index contributed by atoms with van der Waals surface area (Å²) in [5.41, 5.74) is 0. The molecule has 5 nitrogen and oxygen atoms in total. The lowest BCUT2D eigenvalue weighted by Gasteiger charge is -2.26. The molecular formula is C13H24N2O3S. The van der Waals surface area contributed by atoms with Crippen molar-refractivity contribution < 1.29 is 14.7 Å². The number of amides is 2. The topological polar surface area (TPSA) is 78.4 Å². The van der Waals surface area contributed by atoms with Crippen LogP contribution < -0.4 is 10.6 Å². The van der Waals surface area contributed by atoms with Gasteiger partial charge in [0.25, 0.3) is 0 Å². The number of carbonyl (C=O) groups is 2. The minimum Gasteiger partial charge on any atom is -0.481 e. The van der Waals surface area contributed by atoms with Crippen LogP contribution in [0, 0.1) is 0 Å². The molecule has 2 amide bonds. The van der Waals surface area contributed by atoms with E-state index in [-0.39, 0.29) is 17.2 Å². The fourth-order valence-corrected chi connectivity index (χ4v) is 3.29. The number of hydrogen-bond acceptors (Lipinski definition) is 3. The lowest BCUT2D eigenvalue weighted by Crippen LogP contribution is -2.43. The van der Waals surface area contributed by atoms with Crippen LogP contribution in [0.3, 0.4) is 0 Å². The number of nitrogens with one attached hydrogen (secondary N) is 2. The molecule has 1 saturated carbocycles. The predicted octanol–water partition coefficient (Wildman–Crippen LogP) is 2.22. The SMILES string of the molecule is CSC1(CNC(=O)NCCCCC(=O)O)CCCC1. The van der Waals surface area contributed by atoms with Crippen LogP contribution in [0.4, 0.5) is 4.79 Å². The van der Waals surface area contributed by atoms with Crippen molar-refractivity contribution in [3.63, 3.8) is 0 Å². The lowest BCUT2D eigenvalue weighted by molar-refractivity contribution is -0.137. The van der Waals surface area contributed by atoms with Crippen molar-refractivity contribution in [1.29, 1.82) is 0 Å². The van der Waals surface area contributed by atoms with E-state index in [2.05, 4.69) is 16.9 Å². The largest absolute Gasteiger partial charge is 0.481 e. The van der Waals surface area contributed by atoms with E-state index >= 15 is 0 Å². The molecule has 0 saturated heterocycles. The fraction of sp³-hybridized carbons (Fsp3) is 0.846. The molecule has 0 aliphatic heterocycles. The summed E-state index contributed by atoms with van der Waals surface area (Å²) >= 11 is 1.85. The third kappa shape index (κ3) is 6.18. The Kier molecular flexibility index (Phi) is 7.05. The molecule has 110 valence electrons. The second-order valence-electron chi connectivity index (χ2n) is 5.05. The van der Waals surface area contributed by atoms with Gasteiger partial charge in [-0.2, -0.15) is 11.8 Å². The van der Waals surface area contributed by atoms with Gasteiger partial charge in [-0.1, -0.05) is 12.8 Å². The van der Waals surface area contributed by atoms with E-state index in [4.69, 9.17) is 5.11 Å². The average molecular weight is 288 g/mol. The zero-order valence-electron chi connectivity index (χ0n) is 11.5. The van der Waals surface area contributed by atoms with E-state index in [1.54, 1.807) is 0 Å². The maximum atomic E-state index is 11.6. The number of carboxylic acids is 1. The summed E-state index contributed by atoms with van der Waals surface area (Å²) < 4.78 is 0.223. The highest BCUT2D eigenvalue weighted by Crippen LogP contribution is 2.39. The van der Waals surface area contributed by atoms with E-state index in [9.17, 15) is 9.59 Å². The van der Waals surface area contributed by atoms with Crippen LogP contribution in [0.5, 0.6) is 0 Å². The van der Waals surface area contributed by atoms with Crippen molar-refractivity contribution in [2.24, 2.45) is 0 Å². The lowest BCUT2D eigenvalue weighted by atomic mass is 10.1. The first-order valence-corrected chi connectivity index (χ1v) is 8.09. The Morgan fingerprint density at radius 3 is 2.47 bits per heavy atom. The van der Waals surface area contributed by atoms with Gasteiger partial charge in [-0.3, -0.25) is 4.79 Å². The van der Waals surface area contributed by atoms with Gasteiger partial charge < -0.3 is 15.7 Å². The Labute approximate surface area is 118 Å². The fourth-order valence-electron chi connectivity index (χ4n) is 2.38. The summed E-state index contributed by atoms with van der Waals surface area (Å²) in [6.07, 6.45) is 8.42. The zero-order valence-corrected chi connectivity index (χ0v) is 12.4. The van der Waals surface area contributed by atoms with Crippen LogP contribution in [0.15, 0.2) is 0 Å². The Morgan fingerprint density at radius 2 is 1.89 bits per heavy atom. The van der Waals surface area contributed by atoms with Crippen molar-refractivity contribution in [3.05, 3.63) is 0 Å². The number of carbonyl (C=O) groups excluding carboxylic acids is 1. The molecule has 0 radical (unpaired) electrons. The Morgan fingerprint density at radius 1 is 1.21 bits per heavy atom. The molecule has 6 heteroatoms. The van der Waals surface area contributed by atoms with E-state index < -0.39 is 5.97 Å². The standard InChI is InChI=1S/C13H24N2O3S/c1-19-13(7-3-4-8-13)10-15-12(18)14-9-5-2-6-11(16)17/h2-10H2,1H3,(H,16,17)(H2,14,15,18). The average Bonchev–Trinajstić information content (AvgIpc) is 2.85. The normalized spacial score (nSPS) is 17.1. The first-order chi connectivity index (χ1) is 9.08. The minimum atomic E-state index is -0.785. The molecular weight excluding hydrogens is 264 g/mol. The first-order valence-electron chi connectivity index (χ1n) is 6.87. The molecule has 3 N–H and O–H groups in total. The zero-order chi connectivity index (χ0) is 14.1. The molecule has 1 fully saturated rings. The van der Waals surface area contributed by atoms with Gasteiger partial charge in [0.05, 0.1) is 0 Å². The molecule has 0 heterocycles. The number of thioether (sulfide) groups is 1. The maximum Gasteiger partial charge on any atom is 0.314 e. The summed E-state index contributed by atoms with van der Waals surface area (Å²) in [7, 11) is 0. The predicted molar refractivity (Wildman–Crippen MR) is 77.6 cm³/mol. The van der Waals surface area contributed by atoms with Gasteiger partial charge in [-0.25, -0.2) is 4.79 Å². The molecule has 0 aromatic heterocycles. The molecule has 0 bridgehead atoms. The number of carboxylic acid groups (broad SMARTS) is 1. The van der Waals surface area contributed by atoms with Crippen LogP contribution in [-0.2, 0) is 4.79 Å². The number of rotatable bonds is 8. The number of aliphatic carboxylic acids is 1. The summed E-state index contributed by atoms with van der Waals surface area (Å²) in [6.45, 7) is 1.25. The second kappa shape index (κ2) is 8.30. The van der Waals surface area contributed by atoms with Crippen LogP contribution in [0.2, 0.25) is 0 Å². The van der Waals surface area contributed by atoms with Gasteiger partial charge >= 0.3 is 12.0 Å². The summed E-state index contributed by atoms with van der Waals surface area (Å²) in [4.78, 5) is 21.9. The molecule has 1 rings (SSSR count). The maximum absolute atomic E-state index is 11.6. The van der Waals surface area contributed by atoms with E-state index in [0.29, 0.717) is 19.4 Å². The van der Waals surface area contributed by atoms with E-state index in [0.717, 1.165) is 6.54 Å². The van der Waals surface area contributed by atoms with Crippen molar-refractivity contribution in [2.75, 3.05) is 19.3 Å². The first kappa shape index (κ1) is 16.1. The molecule has 0 aromatic rings. The van der Waals surface area contributed by atoms with Crippen molar-refractivity contribution >= 4 is 23.8 Å². The van der Waals surface area contributed by atoms with Gasteiger partial charge in [0.1, 0.15) is 0 Å². The third-order valence-corrected chi connectivity index (χ3v) is 5.04. The van der Waals surface area contributed by atoms with E-state index in [1.165, 1.54) is 25.7 Å².